The third kappa shape index (κ3) is 5.02. The highest BCUT2D eigenvalue weighted by Gasteiger charge is 2.32. The molecule has 9 heteroatoms. The van der Waals surface area contributed by atoms with Gasteiger partial charge in [-0.05, 0) is 54.6 Å². The molecule has 2 N–H and O–H groups in total. The van der Waals surface area contributed by atoms with E-state index < -0.39 is 17.6 Å². The Morgan fingerprint density at radius 3 is 2.26 bits per heavy atom. The number of anilines is 2. The molecule has 3 aromatic rings. The second kappa shape index (κ2) is 9.84. The summed E-state index contributed by atoms with van der Waals surface area (Å²) >= 11 is 5.83. The molecule has 0 spiro atoms. The van der Waals surface area contributed by atoms with Crippen molar-refractivity contribution in [3.63, 3.8) is 0 Å². The highest BCUT2D eigenvalue weighted by Crippen LogP contribution is 2.21. The van der Waals surface area contributed by atoms with Gasteiger partial charge in [0.25, 0.3) is 17.6 Å². The quantitative estimate of drug-likeness (QED) is 0.412. The molecule has 0 atom stereocenters. The molecule has 2 saturated heterocycles. The molecule has 2 amide bonds. The first-order chi connectivity index (χ1) is 17.0. The lowest BCUT2D eigenvalue weighted by atomic mass is 10.1. The van der Waals surface area contributed by atoms with E-state index in [1.165, 1.54) is 43.1 Å². The van der Waals surface area contributed by atoms with E-state index in [9.17, 15) is 14.0 Å². The maximum atomic E-state index is 13.9. The zero-order chi connectivity index (χ0) is 24.4. The minimum Gasteiger partial charge on any atom is -0.321 e. The van der Waals surface area contributed by atoms with Crippen molar-refractivity contribution in [1.82, 2.24) is 9.88 Å². The van der Waals surface area contributed by atoms with Gasteiger partial charge in [0.05, 0.1) is 48.0 Å². The average Bonchev–Trinajstić information content (AvgIpc) is 2.79. The molecule has 0 bridgehead atoms. The first-order valence-electron chi connectivity index (χ1n) is 11.5. The zero-order valence-electron chi connectivity index (χ0n) is 18.9. The molecule has 0 unspecified atom stereocenters. The first kappa shape index (κ1) is 23.0. The summed E-state index contributed by atoms with van der Waals surface area (Å²) in [5.41, 5.74) is 1.70. The van der Waals surface area contributed by atoms with Crippen LogP contribution in [0.4, 0.5) is 15.9 Å². The summed E-state index contributed by atoms with van der Waals surface area (Å²) in [4.78, 5) is 32.1. The number of amidine groups is 1. The number of nitrogens with one attached hydrogen (secondary N) is 2. The normalized spacial score (nSPS) is 14.6. The second-order valence-corrected chi connectivity index (χ2v) is 8.98. The number of benzene rings is 2. The van der Waals surface area contributed by atoms with Crippen molar-refractivity contribution in [1.29, 1.82) is 0 Å². The zero-order valence-corrected chi connectivity index (χ0v) is 19.7. The molecule has 35 heavy (non-hydrogen) atoms. The number of aromatic nitrogens is 1. The third-order valence-corrected chi connectivity index (χ3v) is 6.38. The van der Waals surface area contributed by atoms with Gasteiger partial charge in [-0.2, -0.15) is 0 Å². The Kier molecular flexibility index (Phi) is 6.46. The minimum absolute atomic E-state index is 0.0158. The summed E-state index contributed by atoms with van der Waals surface area (Å²) in [6.45, 7) is 4.20. The Bertz CT molecular complexity index is 1300. The summed E-state index contributed by atoms with van der Waals surface area (Å²) in [6.07, 6.45) is 3.78. The fourth-order valence-electron chi connectivity index (χ4n) is 4.03. The van der Waals surface area contributed by atoms with Crippen LogP contribution in [-0.4, -0.2) is 58.3 Å². The van der Waals surface area contributed by atoms with Crippen molar-refractivity contribution in [2.75, 3.05) is 36.8 Å². The molecule has 2 fully saturated rings. The van der Waals surface area contributed by atoms with Crippen molar-refractivity contribution in [2.24, 2.45) is 0 Å². The van der Waals surface area contributed by atoms with Crippen LogP contribution in [0.15, 0.2) is 60.8 Å². The van der Waals surface area contributed by atoms with E-state index in [1.807, 2.05) is 12.1 Å². The van der Waals surface area contributed by atoms with Crippen molar-refractivity contribution >= 4 is 40.8 Å². The van der Waals surface area contributed by atoms with Gasteiger partial charge in [-0.1, -0.05) is 11.6 Å². The number of pyridine rings is 1. The Morgan fingerprint density at radius 1 is 0.914 bits per heavy atom. The van der Waals surface area contributed by atoms with Gasteiger partial charge in [0.1, 0.15) is 11.6 Å². The van der Waals surface area contributed by atoms with Gasteiger partial charge in [0, 0.05) is 24.6 Å². The highest BCUT2D eigenvalue weighted by atomic mass is 35.5. The number of halogens is 2. The Labute approximate surface area is 207 Å². The standard InChI is InChI=1S/C26H23ClFN5O2/c27-19-7-10-23(29-16-19)31-25(35)21-15-20(28)8-9-22(21)30-24(34)17-3-5-18(6-4-17)26(32-11-1-12-32)33-13-2-14-33/h3-10,15-16H,1-2,11-14H2,(H-,29,30,31,34,35)/p+1. The molecule has 0 radical (unpaired) electrons. The number of hydrogen-bond donors (Lipinski definition) is 2. The average molecular weight is 493 g/mol. The monoisotopic (exact) mass is 492 g/mol. The van der Waals surface area contributed by atoms with Crippen LogP contribution in [0.1, 0.15) is 39.1 Å². The molecular weight excluding hydrogens is 469 g/mol. The van der Waals surface area contributed by atoms with Crippen LogP contribution in [-0.2, 0) is 0 Å². The lowest BCUT2D eigenvalue weighted by molar-refractivity contribution is -0.587. The van der Waals surface area contributed by atoms with Crippen molar-refractivity contribution in [3.8, 4) is 0 Å². The molecule has 0 aliphatic carbocycles. The molecular formula is C26H24ClFN5O2+. The van der Waals surface area contributed by atoms with E-state index in [4.69, 9.17) is 11.6 Å². The minimum atomic E-state index is -0.603. The number of rotatable bonds is 5. The van der Waals surface area contributed by atoms with Gasteiger partial charge >= 0.3 is 0 Å². The summed E-state index contributed by atoms with van der Waals surface area (Å²) in [7, 11) is 0. The van der Waals surface area contributed by atoms with Crippen molar-refractivity contribution in [3.05, 3.63) is 88.3 Å². The van der Waals surface area contributed by atoms with Gasteiger partial charge in [-0.25, -0.2) is 9.37 Å². The highest BCUT2D eigenvalue weighted by molar-refractivity contribution is 6.30. The topological polar surface area (TPSA) is 77.3 Å². The number of amides is 2. The SMILES string of the molecule is O=C(Nc1ccc(F)cc1C(=O)Nc1ccc(Cl)cn1)c1ccc(C(N2CCC2)=[N+]2CCC2)cc1. The molecule has 178 valence electrons. The van der Waals surface area contributed by atoms with Crippen LogP contribution in [0.2, 0.25) is 5.02 Å². The van der Waals surface area contributed by atoms with Crippen LogP contribution in [0, 0.1) is 5.82 Å². The molecule has 7 nitrogen and oxygen atoms in total. The molecule has 3 heterocycles. The maximum Gasteiger partial charge on any atom is 0.279 e. The number of carbonyl (C=O) groups excluding carboxylic acids is 2. The van der Waals surface area contributed by atoms with Crippen LogP contribution in [0.5, 0.6) is 0 Å². The molecule has 1 aromatic heterocycles. The number of hydrogen-bond acceptors (Lipinski definition) is 3. The number of carbonyl (C=O) groups is 2. The largest absolute Gasteiger partial charge is 0.321 e. The number of likely N-dealkylation sites (tertiary alicyclic amines) is 1. The van der Waals surface area contributed by atoms with E-state index in [0.29, 0.717) is 10.6 Å². The fourth-order valence-corrected chi connectivity index (χ4v) is 4.14. The molecule has 0 saturated carbocycles. The second-order valence-electron chi connectivity index (χ2n) is 8.54. The van der Waals surface area contributed by atoms with Crippen molar-refractivity contribution < 1.29 is 18.6 Å². The summed E-state index contributed by atoms with van der Waals surface area (Å²) in [6, 6.07) is 14.2. The fraction of sp³-hybridized carbons (Fsp3) is 0.231. The molecule has 2 aromatic carbocycles. The molecule has 5 rings (SSSR count). The lowest BCUT2D eigenvalue weighted by Crippen LogP contribution is -2.49. The summed E-state index contributed by atoms with van der Waals surface area (Å²) in [5, 5.41) is 5.75. The van der Waals surface area contributed by atoms with Gasteiger partial charge in [-0.3, -0.25) is 19.1 Å². The summed E-state index contributed by atoms with van der Waals surface area (Å²) < 4.78 is 16.3. The van der Waals surface area contributed by atoms with E-state index in [2.05, 4.69) is 25.1 Å². The van der Waals surface area contributed by atoms with Gasteiger partial charge in [0.15, 0.2) is 0 Å². The van der Waals surface area contributed by atoms with E-state index in [1.54, 1.807) is 18.2 Å². The predicted molar refractivity (Wildman–Crippen MR) is 133 cm³/mol. The van der Waals surface area contributed by atoms with Crippen LogP contribution >= 0.6 is 11.6 Å². The third-order valence-electron chi connectivity index (χ3n) is 6.16. The van der Waals surface area contributed by atoms with E-state index >= 15 is 0 Å². The van der Waals surface area contributed by atoms with E-state index in [0.717, 1.165) is 37.8 Å². The van der Waals surface area contributed by atoms with Crippen LogP contribution in [0.3, 0.4) is 0 Å². The van der Waals surface area contributed by atoms with Gasteiger partial charge in [-0.15, -0.1) is 0 Å². The van der Waals surface area contributed by atoms with Crippen LogP contribution in [0.25, 0.3) is 0 Å². The van der Waals surface area contributed by atoms with E-state index in [-0.39, 0.29) is 17.1 Å². The smallest absolute Gasteiger partial charge is 0.279 e. The van der Waals surface area contributed by atoms with Gasteiger partial charge < -0.3 is 10.6 Å². The van der Waals surface area contributed by atoms with Crippen molar-refractivity contribution in [2.45, 2.75) is 12.8 Å². The predicted octanol–water partition coefficient (Wildman–Crippen LogP) is 4.25. The molecule has 2 aliphatic rings. The Balaban J connectivity index is 1.33. The lowest BCUT2D eigenvalue weighted by Gasteiger charge is -2.31. The molecule has 2 aliphatic heterocycles. The first-order valence-corrected chi connectivity index (χ1v) is 11.9. The summed E-state index contributed by atoms with van der Waals surface area (Å²) in [5.74, 6) is -0.109. The van der Waals surface area contributed by atoms with Crippen LogP contribution < -0.4 is 10.6 Å². The number of nitrogens with zero attached hydrogens (tertiary/aromatic N) is 3. The maximum absolute atomic E-state index is 13.9. The Hall–Kier alpha value is -3.78. The Morgan fingerprint density at radius 2 is 1.66 bits per heavy atom. The van der Waals surface area contributed by atoms with Gasteiger partial charge in [0.2, 0.25) is 0 Å².